The number of nitrogens with one attached hydrogen (secondary N) is 1. The lowest BCUT2D eigenvalue weighted by Gasteiger charge is -2.32. The fraction of sp³-hybridized carbons (Fsp3) is 0.381. The smallest absolute Gasteiger partial charge is 0.228 e. The predicted octanol–water partition coefficient (Wildman–Crippen LogP) is 4.29. The summed E-state index contributed by atoms with van der Waals surface area (Å²) in [6, 6.07) is 12.8. The number of piperidine rings is 1. The van der Waals surface area contributed by atoms with Gasteiger partial charge in [0.1, 0.15) is 5.82 Å². The molecule has 1 saturated heterocycles. The van der Waals surface area contributed by atoms with Gasteiger partial charge in [0.05, 0.1) is 5.92 Å². The van der Waals surface area contributed by atoms with E-state index < -0.39 is 0 Å². The van der Waals surface area contributed by atoms with E-state index >= 15 is 0 Å². The maximum absolute atomic E-state index is 13.9. The second kappa shape index (κ2) is 7.79. The van der Waals surface area contributed by atoms with Gasteiger partial charge in [-0.3, -0.25) is 9.69 Å². The van der Waals surface area contributed by atoms with Gasteiger partial charge < -0.3 is 5.32 Å². The zero-order chi connectivity index (χ0) is 17.8. The highest BCUT2D eigenvalue weighted by molar-refractivity contribution is 5.93. The fourth-order valence-corrected chi connectivity index (χ4v) is 3.40. The molecule has 1 amide bonds. The standard InChI is InChI=1S/C21H25FN2O/c1-15-7-5-11-20(16(15)2)23-21(25)18-9-6-12-24(14-18)13-17-8-3-4-10-19(17)22/h3-5,7-8,10-11,18H,6,9,12-14H2,1-2H3,(H,23,25). The van der Waals surface area contributed by atoms with Crippen molar-refractivity contribution in [3.05, 3.63) is 65.0 Å². The summed E-state index contributed by atoms with van der Waals surface area (Å²) in [5.41, 5.74) is 3.85. The second-order valence-electron chi connectivity index (χ2n) is 6.90. The molecule has 3 nitrogen and oxygen atoms in total. The van der Waals surface area contributed by atoms with E-state index in [0.717, 1.165) is 30.6 Å². The number of carbonyl (C=O) groups is 1. The number of rotatable bonds is 4. The topological polar surface area (TPSA) is 32.3 Å². The minimum absolute atomic E-state index is 0.0552. The van der Waals surface area contributed by atoms with Gasteiger partial charge in [0.15, 0.2) is 0 Å². The van der Waals surface area contributed by atoms with Crippen LogP contribution in [0.3, 0.4) is 0 Å². The molecule has 0 saturated carbocycles. The SMILES string of the molecule is Cc1cccc(NC(=O)C2CCCN(Cc3ccccc3F)C2)c1C. The number of aryl methyl sites for hydroxylation is 1. The maximum Gasteiger partial charge on any atom is 0.228 e. The Labute approximate surface area is 148 Å². The molecule has 1 aliphatic rings. The Morgan fingerprint density at radius 3 is 2.80 bits per heavy atom. The summed E-state index contributed by atoms with van der Waals surface area (Å²) < 4.78 is 13.9. The summed E-state index contributed by atoms with van der Waals surface area (Å²) in [5, 5.41) is 3.08. The van der Waals surface area contributed by atoms with E-state index in [0.29, 0.717) is 18.7 Å². The van der Waals surface area contributed by atoms with E-state index in [9.17, 15) is 9.18 Å². The molecule has 132 valence electrons. The minimum atomic E-state index is -0.176. The van der Waals surface area contributed by atoms with E-state index in [2.05, 4.69) is 10.2 Å². The molecule has 1 atom stereocenters. The predicted molar refractivity (Wildman–Crippen MR) is 98.9 cm³/mol. The van der Waals surface area contributed by atoms with Crippen LogP contribution in [0, 0.1) is 25.6 Å². The van der Waals surface area contributed by atoms with Crippen molar-refractivity contribution in [1.82, 2.24) is 4.90 Å². The molecule has 1 N–H and O–H groups in total. The van der Waals surface area contributed by atoms with Crippen molar-refractivity contribution in [1.29, 1.82) is 0 Å². The van der Waals surface area contributed by atoms with Crippen molar-refractivity contribution in [3.63, 3.8) is 0 Å². The average Bonchev–Trinajstić information content (AvgIpc) is 2.61. The highest BCUT2D eigenvalue weighted by atomic mass is 19.1. The number of carbonyl (C=O) groups excluding carboxylic acids is 1. The minimum Gasteiger partial charge on any atom is -0.326 e. The molecule has 1 aliphatic heterocycles. The largest absolute Gasteiger partial charge is 0.326 e. The van der Waals surface area contributed by atoms with Crippen LogP contribution < -0.4 is 5.32 Å². The lowest BCUT2D eigenvalue weighted by Crippen LogP contribution is -2.40. The van der Waals surface area contributed by atoms with E-state index in [4.69, 9.17) is 0 Å². The Balaban J connectivity index is 1.63. The summed E-state index contributed by atoms with van der Waals surface area (Å²) >= 11 is 0. The lowest BCUT2D eigenvalue weighted by atomic mass is 9.96. The molecular weight excluding hydrogens is 315 g/mol. The Bertz CT molecular complexity index is 759. The zero-order valence-electron chi connectivity index (χ0n) is 14.9. The molecule has 1 heterocycles. The van der Waals surface area contributed by atoms with Crippen LogP contribution in [0.25, 0.3) is 0 Å². The molecule has 0 bridgehead atoms. The summed E-state index contributed by atoms with van der Waals surface area (Å²) in [4.78, 5) is 14.9. The van der Waals surface area contributed by atoms with Crippen LogP contribution in [-0.4, -0.2) is 23.9 Å². The lowest BCUT2D eigenvalue weighted by molar-refractivity contribution is -0.121. The first kappa shape index (κ1) is 17.6. The third kappa shape index (κ3) is 4.26. The molecule has 0 aliphatic carbocycles. The van der Waals surface area contributed by atoms with Crippen LogP contribution in [0.5, 0.6) is 0 Å². The molecule has 2 aromatic carbocycles. The summed E-state index contributed by atoms with van der Waals surface area (Å²) in [7, 11) is 0. The average molecular weight is 340 g/mol. The monoisotopic (exact) mass is 340 g/mol. The highest BCUT2D eigenvalue weighted by Crippen LogP contribution is 2.23. The number of amides is 1. The fourth-order valence-electron chi connectivity index (χ4n) is 3.40. The Kier molecular flexibility index (Phi) is 5.49. The van der Waals surface area contributed by atoms with Gasteiger partial charge in [-0.1, -0.05) is 30.3 Å². The molecule has 3 rings (SSSR count). The third-order valence-corrected chi connectivity index (χ3v) is 5.09. The number of likely N-dealkylation sites (tertiary alicyclic amines) is 1. The Hall–Kier alpha value is -2.20. The quantitative estimate of drug-likeness (QED) is 0.900. The van der Waals surface area contributed by atoms with Gasteiger partial charge in [0.2, 0.25) is 5.91 Å². The summed E-state index contributed by atoms with van der Waals surface area (Å²) in [5.74, 6) is -0.170. The highest BCUT2D eigenvalue weighted by Gasteiger charge is 2.26. The number of hydrogen-bond donors (Lipinski definition) is 1. The number of hydrogen-bond acceptors (Lipinski definition) is 2. The number of nitrogens with zero attached hydrogens (tertiary/aromatic N) is 1. The normalized spacial score (nSPS) is 18.1. The van der Waals surface area contributed by atoms with E-state index in [-0.39, 0.29) is 17.6 Å². The Morgan fingerprint density at radius 1 is 1.20 bits per heavy atom. The molecule has 1 unspecified atom stereocenters. The van der Waals surface area contributed by atoms with Crippen LogP contribution in [0.1, 0.15) is 29.5 Å². The third-order valence-electron chi connectivity index (χ3n) is 5.09. The first-order chi connectivity index (χ1) is 12.0. The van der Waals surface area contributed by atoms with Crippen molar-refractivity contribution in [2.75, 3.05) is 18.4 Å². The van der Waals surface area contributed by atoms with Gasteiger partial charge in [-0.2, -0.15) is 0 Å². The molecule has 1 fully saturated rings. The maximum atomic E-state index is 13.9. The van der Waals surface area contributed by atoms with Gasteiger partial charge in [-0.05, 0) is 56.5 Å². The Morgan fingerprint density at radius 2 is 2.00 bits per heavy atom. The summed E-state index contributed by atoms with van der Waals surface area (Å²) in [6.45, 7) is 6.20. The molecule has 0 aromatic heterocycles. The molecule has 25 heavy (non-hydrogen) atoms. The summed E-state index contributed by atoms with van der Waals surface area (Å²) in [6.07, 6.45) is 1.84. The molecule has 2 aromatic rings. The van der Waals surface area contributed by atoms with Gasteiger partial charge in [-0.25, -0.2) is 4.39 Å². The number of anilines is 1. The van der Waals surface area contributed by atoms with Crippen molar-refractivity contribution < 1.29 is 9.18 Å². The van der Waals surface area contributed by atoms with Gasteiger partial charge >= 0.3 is 0 Å². The number of benzene rings is 2. The van der Waals surface area contributed by atoms with Crippen LogP contribution >= 0.6 is 0 Å². The first-order valence-corrected chi connectivity index (χ1v) is 8.87. The van der Waals surface area contributed by atoms with Crippen LogP contribution in [-0.2, 0) is 11.3 Å². The van der Waals surface area contributed by atoms with Crippen molar-refractivity contribution in [3.8, 4) is 0 Å². The zero-order valence-corrected chi connectivity index (χ0v) is 14.9. The van der Waals surface area contributed by atoms with Gasteiger partial charge in [0, 0.05) is 24.3 Å². The van der Waals surface area contributed by atoms with E-state index in [1.54, 1.807) is 6.07 Å². The van der Waals surface area contributed by atoms with Gasteiger partial charge in [0.25, 0.3) is 0 Å². The van der Waals surface area contributed by atoms with E-state index in [1.807, 2.05) is 44.2 Å². The van der Waals surface area contributed by atoms with Crippen LogP contribution in [0.2, 0.25) is 0 Å². The van der Waals surface area contributed by atoms with Crippen LogP contribution in [0.4, 0.5) is 10.1 Å². The molecular formula is C21H25FN2O. The van der Waals surface area contributed by atoms with E-state index in [1.165, 1.54) is 11.6 Å². The van der Waals surface area contributed by atoms with Crippen molar-refractivity contribution >= 4 is 11.6 Å². The first-order valence-electron chi connectivity index (χ1n) is 8.87. The molecule has 0 radical (unpaired) electrons. The van der Waals surface area contributed by atoms with Crippen LogP contribution in [0.15, 0.2) is 42.5 Å². The number of halogens is 1. The van der Waals surface area contributed by atoms with Gasteiger partial charge in [-0.15, -0.1) is 0 Å². The van der Waals surface area contributed by atoms with Crippen molar-refractivity contribution in [2.45, 2.75) is 33.2 Å². The molecule has 0 spiro atoms. The van der Waals surface area contributed by atoms with Crippen molar-refractivity contribution in [2.24, 2.45) is 5.92 Å². The molecule has 4 heteroatoms. The second-order valence-corrected chi connectivity index (χ2v) is 6.90.